The largest absolute Gasteiger partial charge is 0.478 e. The summed E-state index contributed by atoms with van der Waals surface area (Å²) in [5, 5.41) is 8.76. The summed E-state index contributed by atoms with van der Waals surface area (Å²) in [7, 11) is 0. The zero-order valence-corrected chi connectivity index (χ0v) is 13.3. The number of carboxylic acid groups (broad SMARTS) is 1. The number of ether oxygens (including phenoxy) is 1. The fourth-order valence-electron chi connectivity index (χ4n) is 1.86. The smallest absolute Gasteiger partial charge is 0.328 e. The van der Waals surface area contributed by atoms with Crippen molar-refractivity contribution in [3.8, 4) is 11.5 Å². The van der Waals surface area contributed by atoms with E-state index < -0.39 is 5.97 Å². The highest BCUT2D eigenvalue weighted by atomic mass is 79.9. The van der Waals surface area contributed by atoms with Crippen LogP contribution in [0.15, 0.2) is 46.9 Å². The zero-order chi connectivity index (χ0) is 15.4. The molecule has 2 aromatic carbocycles. The van der Waals surface area contributed by atoms with Crippen molar-refractivity contribution in [1.29, 1.82) is 0 Å². The minimum absolute atomic E-state index is 0.625. The van der Waals surface area contributed by atoms with E-state index in [4.69, 9.17) is 9.84 Å². The molecule has 0 spiro atoms. The highest BCUT2D eigenvalue weighted by Crippen LogP contribution is 2.29. The summed E-state index contributed by atoms with van der Waals surface area (Å²) in [5.74, 6) is 0.353. The summed E-state index contributed by atoms with van der Waals surface area (Å²) >= 11 is 3.45. The van der Waals surface area contributed by atoms with Crippen molar-refractivity contribution in [3.05, 3.63) is 63.6 Å². The molecule has 0 heterocycles. The standard InChI is InChI=1S/C17H15BrO3/c1-11-3-7-16(13(9-11)4-8-17(19)20)21-14-5-6-15(18)12(2)10-14/h3-10H,1-2H3,(H,19,20)/b8-4+. The van der Waals surface area contributed by atoms with Crippen LogP contribution in [0.25, 0.3) is 6.08 Å². The number of hydrogen-bond donors (Lipinski definition) is 1. The highest BCUT2D eigenvalue weighted by molar-refractivity contribution is 9.10. The number of rotatable bonds is 4. The van der Waals surface area contributed by atoms with E-state index in [9.17, 15) is 4.79 Å². The Morgan fingerprint density at radius 1 is 1.19 bits per heavy atom. The Morgan fingerprint density at radius 3 is 2.62 bits per heavy atom. The predicted octanol–water partition coefficient (Wildman–Crippen LogP) is 4.96. The van der Waals surface area contributed by atoms with Crippen LogP contribution in [-0.4, -0.2) is 11.1 Å². The van der Waals surface area contributed by atoms with Crippen LogP contribution in [0.3, 0.4) is 0 Å². The number of carboxylic acids is 1. The van der Waals surface area contributed by atoms with Crippen LogP contribution < -0.4 is 4.74 Å². The first-order valence-corrected chi connectivity index (χ1v) is 7.20. The van der Waals surface area contributed by atoms with Crippen molar-refractivity contribution in [2.75, 3.05) is 0 Å². The van der Waals surface area contributed by atoms with Gasteiger partial charge in [0, 0.05) is 16.1 Å². The average Bonchev–Trinajstić information content (AvgIpc) is 2.43. The van der Waals surface area contributed by atoms with Gasteiger partial charge in [0.05, 0.1) is 0 Å². The maximum Gasteiger partial charge on any atom is 0.328 e. The fourth-order valence-corrected chi connectivity index (χ4v) is 2.11. The quantitative estimate of drug-likeness (QED) is 0.796. The van der Waals surface area contributed by atoms with Crippen LogP contribution in [0, 0.1) is 13.8 Å². The molecule has 0 unspecified atom stereocenters. The molecule has 0 saturated carbocycles. The Kier molecular flexibility index (Phi) is 4.81. The number of hydrogen-bond acceptors (Lipinski definition) is 2. The van der Waals surface area contributed by atoms with E-state index >= 15 is 0 Å². The average molecular weight is 347 g/mol. The van der Waals surface area contributed by atoms with Crippen molar-refractivity contribution < 1.29 is 14.6 Å². The van der Waals surface area contributed by atoms with Gasteiger partial charge in [-0.25, -0.2) is 4.79 Å². The van der Waals surface area contributed by atoms with Gasteiger partial charge >= 0.3 is 5.97 Å². The second-order valence-electron chi connectivity index (χ2n) is 4.73. The third kappa shape index (κ3) is 4.20. The van der Waals surface area contributed by atoms with Crippen molar-refractivity contribution in [3.63, 3.8) is 0 Å². The van der Waals surface area contributed by atoms with Gasteiger partial charge in [-0.2, -0.15) is 0 Å². The third-order valence-electron chi connectivity index (χ3n) is 2.93. The summed E-state index contributed by atoms with van der Waals surface area (Å²) in [6, 6.07) is 11.4. The first-order valence-electron chi connectivity index (χ1n) is 6.41. The Hall–Kier alpha value is -2.07. The molecule has 0 aliphatic rings. The van der Waals surface area contributed by atoms with Gasteiger partial charge in [0.15, 0.2) is 0 Å². The lowest BCUT2D eigenvalue weighted by molar-refractivity contribution is -0.131. The molecular weight excluding hydrogens is 332 g/mol. The number of aryl methyl sites for hydroxylation is 2. The fraction of sp³-hybridized carbons (Fsp3) is 0.118. The van der Waals surface area contributed by atoms with Gasteiger partial charge in [-0.05, 0) is 55.8 Å². The molecule has 0 aromatic heterocycles. The monoisotopic (exact) mass is 346 g/mol. The summed E-state index contributed by atoms with van der Waals surface area (Å²) in [6.45, 7) is 3.93. The van der Waals surface area contributed by atoms with Crippen LogP contribution in [-0.2, 0) is 4.79 Å². The minimum Gasteiger partial charge on any atom is -0.478 e. The molecule has 3 nitrogen and oxygen atoms in total. The molecule has 0 saturated heterocycles. The Labute approximate surface area is 132 Å². The van der Waals surface area contributed by atoms with Crippen LogP contribution in [0.5, 0.6) is 11.5 Å². The first kappa shape index (κ1) is 15.3. The second kappa shape index (κ2) is 6.59. The van der Waals surface area contributed by atoms with Gasteiger partial charge < -0.3 is 9.84 Å². The van der Waals surface area contributed by atoms with E-state index in [1.54, 1.807) is 0 Å². The number of benzene rings is 2. The molecule has 0 aliphatic heterocycles. The molecule has 0 radical (unpaired) electrons. The minimum atomic E-state index is -0.984. The van der Waals surface area contributed by atoms with Gasteiger partial charge in [0.2, 0.25) is 0 Å². The van der Waals surface area contributed by atoms with E-state index in [2.05, 4.69) is 15.9 Å². The van der Waals surface area contributed by atoms with Gasteiger partial charge in [-0.15, -0.1) is 0 Å². The van der Waals surface area contributed by atoms with Crippen LogP contribution in [0.4, 0.5) is 0 Å². The Morgan fingerprint density at radius 2 is 1.95 bits per heavy atom. The lowest BCUT2D eigenvalue weighted by Gasteiger charge is -2.11. The van der Waals surface area contributed by atoms with E-state index in [0.29, 0.717) is 11.5 Å². The van der Waals surface area contributed by atoms with Gasteiger partial charge in [0.25, 0.3) is 0 Å². The Balaban J connectivity index is 2.34. The molecule has 21 heavy (non-hydrogen) atoms. The normalized spacial score (nSPS) is 10.8. The topological polar surface area (TPSA) is 46.5 Å². The highest BCUT2D eigenvalue weighted by Gasteiger charge is 2.05. The number of carbonyl (C=O) groups is 1. The number of aliphatic carboxylic acids is 1. The lowest BCUT2D eigenvalue weighted by Crippen LogP contribution is -1.91. The number of halogens is 1. The lowest BCUT2D eigenvalue weighted by atomic mass is 10.1. The SMILES string of the molecule is Cc1ccc(Oc2ccc(Br)c(C)c2)c(/C=C/C(=O)O)c1. The summed E-state index contributed by atoms with van der Waals surface area (Å²) in [6.07, 6.45) is 2.64. The molecule has 0 aliphatic carbocycles. The summed E-state index contributed by atoms with van der Waals surface area (Å²) in [5.41, 5.74) is 2.85. The zero-order valence-electron chi connectivity index (χ0n) is 11.8. The van der Waals surface area contributed by atoms with Crippen LogP contribution in [0.2, 0.25) is 0 Å². The maximum atomic E-state index is 10.7. The maximum absolute atomic E-state index is 10.7. The van der Waals surface area contributed by atoms with Gasteiger partial charge in [-0.3, -0.25) is 0 Å². The first-order chi connectivity index (χ1) is 9.95. The van der Waals surface area contributed by atoms with Crippen LogP contribution in [0.1, 0.15) is 16.7 Å². The van der Waals surface area contributed by atoms with Gasteiger partial charge in [-0.1, -0.05) is 27.6 Å². The van der Waals surface area contributed by atoms with Crippen molar-refractivity contribution in [1.82, 2.24) is 0 Å². The Bertz CT molecular complexity index is 705. The predicted molar refractivity (Wildman–Crippen MR) is 86.8 cm³/mol. The van der Waals surface area contributed by atoms with E-state index in [0.717, 1.165) is 27.2 Å². The molecule has 4 heteroatoms. The van der Waals surface area contributed by atoms with Crippen LogP contribution >= 0.6 is 15.9 Å². The molecule has 2 aromatic rings. The van der Waals surface area contributed by atoms with Crippen molar-refractivity contribution >= 4 is 28.0 Å². The molecule has 108 valence electrons. The summed E-state index contributed by atoms with van der Waals surface area (Å²) < 4.78 is 6.89. The summed E-state index contributed by atoms with van der Waals surface area (Å²) in [4.78, 5) is 10.7. The molecular formula is C17H15BrO3. The molecule has 0 fully saturated rings. The van der Waals surface area contributed by atoms with Crippen molar-refractivity contribution in [2.24, 2.45) is 0 Å². The molecule has 0 atom stereocenters. The van der Waals surface area contributed by atoms with E-state index in [1.807, 2.05) is 50.2 Å². The van der Waals surface area contributed by atoms with E-state index in [-0.39, 0.29) is 0 Å². The molecule has 0 bridgehead atoms. The van der Waals surface area contributed by atoms with Gasteiger partial charge in [0.1, 0.15) is 11.5 Å². The molecule has 2 rings (SSSR count). The van der Waals surface area contributed by atoms with E-state index in [1.165, 1.54) is 6.08 Å². The third-order valence-corrected chi connectivity index (χ3v) is 3.82. The van der Waals surface area contributed by atoms with Crippen molar-refractivity contribution in [2.45, 2.75) is 13.8 Å². The molecule has 1 N–H and O–H groups in total. The molecule has 0 amide bonds. The second-order valence-corrected chi connectivity index (χ2v) is 5.58.